The highest BCUT2D eigenvalue weighted by atomic mass is 32.2. The Kier molecular flexibility index (Phi) is 6.66. The maximum Gasteiger partial charge on any atom is 0.224 e. The van der Waals surface area contributed by atoms with Crippen LogP contribution < -0.4 is 15.0 Å². The van der Waals surface area contributed by atoms with E-state index in [2.05, 4.69) is 5.32 Å². The van der Waals surface area contributed by atoms with Gasteiger partial charge in [-0.05, 0) is 37.1 Å². The molecule has 0 saturated carbocycles. The van der Waals surface area contributed by atoms with Crippen molar-refractivity contribution in [1.29, 1.82) is 0 Å². The molecule has 0 aliphatic carbocycles. The van der Waals surface area contributed by atoms with Gasteiger partial charge in [-0.2, -0.15) is 0 Å². The van der Waals surface area contributed by atoms with Crippen molar-refractivity contribution in [2.24, 2.45) is 5.92 Å². The van der Waals surface area contributed by atoms with Gasteiger partial charge in [0.25, 0.3) is 0 Å². The number of ether oxygens (including phenoxy) is 1. The Morgan fingerprint density at radius 3 is 2.64 bits per heavy atom. The van der Waals surface area contributed by atoms with E-state index in [1.807, 2.05) is 36.2 Å². The average Bonchev–Trinajstić information content (AvgIpc) is 2.61. The predicted molar refractivity (Wildman–Crippen MR) is 98.4 cm³/mol. The fourth-order valence-corrected chi connectivity index (χ4v) is 3.83. The molecule has 1 N–H and O–H groups in total. The van der Waals surface area contributed by atoms with Crippen LogP contribution in [-0.2, 0) is 14.8 Å². The van der Waals surface area contributed by atoms with Crippen molar-refractivity contribution in [3.05, 3.63) is 24.3 Å². The SMILES string of the molecule is COc1ccc(N(C)CCNC(=O)[C@H]2CCCN(S(C)(=O)=O)C2)cc1. The van der Waals surface area contributed by atoms with Crippen molar-refractivity contribution >= 4 is 21.6 Å². The molecule has 1 heterocycles. The lowest BCUT2D eigenvalue weighted by Crippen LogP contribution is -2.46. The second-order valence-corrected chi connectivity index (χ2v) is 8.35. The first kappa shape index (κ1) is 19.5. The van der Waals surface area contributed by atoms with E-state index in [9.17, 15) is 13.2 Å². The van der Waals surface area contributed by atoms with E-state index < -0.39 is 10.0 Å². The number of carbonyl (C=O) groups excluding carboxylic acids is 1. The van der Waals surface area contributed by atoms with Crippen LogP contribution in [0.25, 0.3) is 0 Å². The molecular weight excluding hydrogens is 342 g/mol. The molecule has 140 valence electrons. The molecule has 7 nitrogen and oxygen atoms in total. The first-order valence-electron chi connectivity index (χ1n) is 8.39. The summed E-state index contributed by atoms with van der Waals surface area (Å²) in [6, 6.07) is 7.72. The molecule has 1 aromatic carbocycles. The number of nitrogens with zero attached hydrogens (tertiary/aromatic N) is 2. The third kappa shape index (κ3) is 5.61. The van der Waals surface area contributed by atoms with Gasteiger partial charge < -0.3 is 15.0 Å². The van der Waals surface area contributed by atoms with Crippen molar-refractivity contribution in [3.63, 3.8) is 0 Å². The lowest BCUT2D eigenvalue weighted by Gasteiger charge is -2.30. The van der Waals surface area contributed by atoms with E-state index in [-0.39, 0.29) is 18.4 Å². The number of carbonyl (C=O) groups is 1. The molecule has 1 saturated heterocycles. The summed E-state index contributed by atoms with van der Waals surface area (Å²) in [6.45, 7) is 1.96. The molecular formula is C17H27N3O4S. The van der Waals surface area contributed by atoms with Gasteiger partial charge in [-0.15, -0.1) is 0 Å². The van der Waals surface area contributed by atoms with Crippen LogP contribution >= 0.6 is 0 Å². The maximum absolute atomic E-state index is 12.3. The number of rotatable bonds is 7. The topological polar surface area (TPSA) is 79.0 Å². The number of hydrogen-bond donors (Lipinski definition) is 1. The zero-order chi connectivity index (χ0) is 18.4. The molecule has 2 rings (SSSR count). The fraction of sp³-hybridized carbons (Fsp3) is 0.588. The van der Waals surface area contributed by atoms with Gasteiger partial charge in [-0.25, -0.2) is 12.7 Å². The number of piperidine rings is 1. The predicted octanol–water partition coefficient (Wildman–Crippen LogP) is 0.919. The summed E-state index contributed by atoms with van der Waals surface area (Å²) in [5, 5.41) is 2.92. The quantitative estimate of drug-likeness (QED) is 0.773. The number of amides is 1. The molecule has 1 aliphatic rings. The number of methoxy groups -OCH3 is 1. The highest BCUT2D eigenvalue weighted by Gasteiger charge is 2.29. The third-order valence-corrected chi connectivity index (χ3v) is 5.75. The Bertz CT molecular complexity index is 676. The fourth-order valence-electron chi connectivity index (χ4n) is 2.91. The van der Waals surface area contributed by atoms with E-state index in [4.69, 9.17) is 4.74 Å². The number of nitrogens with one attached hydrogen (secondary N) is 1. The molecule has 1 aliphatic heterocycles. The summed E-state index contributed by atoms with van der Waals surface area (Å²) in [5.41, 5.74) is 1.04. The van der Waals surface area contributed by atoms with E-state index in [1.54, 1.807) is 7.11 Å². The number of benzene rings is 1. The maximum atomic E-state index is 12.3. The van der Waals surface area contributed by atoms with E-state index in [0.29, 0.717) is 19.6 Å². The summed E-state index contributed by atoms with van der Waals surface area (Å²) >= 11 is 0. The van der Waals surface area contributed by atoms with Gasteiger partial charge in [0.15, 0.2) is 0 Å². The Hall–Kier alpha value is -1.80. The van der Waals surface area contributed by atoms with Gasteiger partial charge in [0, 0.05) is 38.9 Å². The zero-order valence-electron chi connectivity index (χ0n) is 15.1. The smallest absolute Gasteiger partial charge is 0.224 e. The van der Waals surface area contributed by atoms with Crippen LogP contribution in [0.2, 0.25) is 0 Å². The van der Waals surface area contributed by atoms with Crippen molar-refractivity contribution in [2.75, 3.05) is 51.5 Å². The highest BCUT2D eigenvalue weighted by Crippen LogP contribution is 2.19. The normalized spacial score (nSPS) is 18.6. The van der Waals surface area contributed by atoms with Gasteiger partial charge in [-0.1, -0.05) is 0 Å². The molecule has 1 aromatic rings. The van der Waals surface area contributed by atoms with Gasteiger partial charge in [0.05, 0.1) is 19.3 Å². The van der Waals surface area contributed by atoms with Crippen molar-refractivity contribution in [3.8, 4) is 5.75 Å². The van der Waals surface area contributed by atoms with Crippen molar-refractivity contribution in [1.82, 2.24) is 9.62 Å². The Labute approximate surface area is 150 Å². The summed E-state index contributed by atoms with van der Waals surface area (Å²) in [7, 11) is 0.354. The molecule has 8 heteroatoms. The van der Waals surface area contributed by atoms with Crippen LogP contribution in [0.15, 0.2) is 24.3 Å². The average molecular weight is 369 g/mol. The number of anilines is 1. The zero-order valence-corrected chi connectivity index (χ0v) is 15.9. The minimum atomic E-state index is -3.23. The molecule has 0 unspecified atom stereocenters. The number of sulfonamides is 1. The first-order chi connectivity index (χ1) is 11.8. The van der Waals surface area contributed by atoms with Crippen molar-refractivity contribution in [2.45, 2.75) is 12.8 Å². The molecule has 1 atom stereocenters. The number of likely N-dealkylation sites (N-methyl/N-ethyl adjacent to an activating group) is 1. The highest BCUT2D eigenvalue weighted by molar-refractivity contribution is 7.88. The van der Waals surface area contributed by atoms with Gasteiger partial charge in [-0.3, -0.25) is 4.79 Å². The standard InChI is InChI=1S/C17H27N3O4S/c1-19(15-6-8-16(24-2)9-7-15)12-10-18-17(21)14-5-4-11-20(13-14)25(3,22)23/h6-9,14H,4-5,10-13H2,1-3H3,(H,18,21)/t14-/m0/s1. The minimum absolute atomic E-state index is 0.0727. The molecule has 0 radical (unpaired) electrons. The van der Waals surface area contributed by atoms with Crippen LogP contribution in [0.5, 0.6) is 5.75 Å². The second kappa shape index (κ2) is 8.53. The van der Waals surface area contributed by atoms with E-state index >= 15 is 0 Å². The number of hydrogen-bond acceptors (Lipinski definition) is 5. The van der Waals surface area contributed by atoms with Gasteiger partial charge in [0.2, 0.25) is 15.9 Å². The van der Waals surface area contributed by atoms with Gasteiger partial charge in [0.1, 0.15) is 5.75 Å². The molecule has 0 aromatic heterocycles. The lowest BCUT2D eigenvalue weighted by atomic mass is 9.99. The van der Waals surface area contributed by atoms with E-state index in [1.165, 1.54) is 10.6 Å². The molecule has 0 bridgehead atoms. The van der Waals surface area contributed by atoms with Crippen LogP contribution in [0, 0.1) is 5.92 Å². The van der Waals surface area contributed by atoms with Crippen LogP contribution in [0.1, 0.15) is 12.8 Å². The van der Waals surface area contributed by atoms with Crippen LogP contribution in [0.3, 0.4) is 0 Å². The van der Waals surface area contributed by atoms with Crippen LogP contribution in [-0.4, -0.2) is 65.2 Å². The molecule has 1 amide bonds. The largest absolute Gasteiger partial charge is 0.497 e. The molecule has 1 fully saturated rings. The second-order valence-electron chi connectivity index (χ2n) is 6.37. The summed E-state index contributed by atoms with van der Waals surface area (Å²) < 4.78 is 29.8. The summed E-state index contributed by atoms with van der Waals surface area (Å²) in [5.74, 6) is 0.462. The van der Waals surface area contributed by atoms with Crippen molar-refractivity contribution < 1.29 is 17.9 Å². The minimum Gasteiger partial charge on any atom is -0.497 e. The Morgan fingerprint density at radius 2 is 2.04 bits per heavy atom. The van der Waals surface area contributed by atoms with E-state index in [0.717, 1.165) is 24.3 Å². The Balaban J connectivity index is 1.79. The summed E-state index contributed by atoms with van der Waals surface area (Å²) in [4.78, 5) is 14.3. The molecule has 0 spiro atoms. The van der Waals surface area contributed by atoms with Gasteiger partial charge >= 0.3 is 0 Å². The van der Waals surface area contributed by atoms with Crippen LogP contribution in [0.4, 0.5) is 5.69 Å². The Morgan fingerprint density at radius 1 is 1.36 bits per heavy atom. The third-order valence-electron chi connectivity index (χ3n) is 4.48. The molecule has 25 heavy (non-hydrogen) atoms. The first-order valence-corrected chi connectivity index (χ1v) is 10.2. The summed E-state index contributed by atoms with van der Waals surface area (Å²) in [6.07, 6.45) is 2.64. The monoisotopic (exact) mass is 369 g/mol. The lowest BCUT2D eigenvalue weighted by molar-refractivity contribution is -0.125.